The summed E-state index contributed by atoms with van der Waals surface area (Å²) in [6, 6.07) is 7.61. The molecule has 1 aliphatic heterocycles. The number of fused-ring (bicyclic) bond motifs is 4. The van der Waals surface area contributed by atoms with Crippen molar-refractivity contribution in [2.45, 2.75) is 13.8 Å². The third-order valence-corrected chi connectivity index (χ3v) is 4.44. The van der Waals surface area contributed by atoms with Crippen LogP contribution in [-0.2, 0) is 0 Å². The van der Waals surface area contributed by atoms with Crippen molar-refractivity contribution < 1.29 is 10.2 Å². The molecule has 0 unspecified atom stereocenters. The summed E-state index contributed by atoms with van der Waals surface area (Å²) in [5.41, 5.74) is 4.82. The number of nitrogens with one attached hydrogen (secondary N) is 1. The standard InChI is InChI=1S/C23H26N4O2/c1-16-9-18-3-4-24-5-6-25-14-20-11-17(2)12-21(23(20)29)15-27-8-7-26-13-19(10-16)22(18)28/h3-4,9-15,24,28-29H,5-8H2,1-2H3/b4-3+,25-14?,26-13?,27-15?. The lowest BCUT2D eigenvalue weighted by atomic mass is 10.1. The van der Waals surface area contributed by atoms with Gasteiger partial charge in [0.15, 0.2) is 0 Å². The molecule has 0 aliphatic carbocycles. The molecule has 6 nitrogen and oxygen atoms in total. The van der Waals surface area contributed by atoms with Crippen molar-refractivity contribution in [2.24, 2.45) is 15.0 Å². The summed E-state index contributed by atoms with van der Waals surface area (Å²) in [6.07, 6.45) is 8.65. The van der Waals surface area contributed by atoms with E-state index >= 15 is 0 Å². The van der Waals surface area contributed by atoms with Crippen LogP contribution in [0.2, 0.25) is 0 Å². The summed E-state index contributed by atoms with van der Waals surface area (Å²) >= 11 is 0. The van der Waals surface area contributed by atoms with Gasteiger partial charge in [0.05, 0.1) is 19.6 Å². The maximum Gasteiger partial charge on any atom is 0.133 e. The monoisotopic (exact) mass is 390 g/mol. The summed E-state index contributed by atoms with van der Waals surface area (Å²) in [4.78, 5) is 13.1. The molecule has 0 amide bonds. The molecule has 4 bridgehead atoms. The van der Waals surface area contributed by atoms with Gasteiger partial charge < -0.3 is 15.5 Å². The lowest BCUT2D eigenvalue weighted by Gasteiger charge is -2.06. The highest BCUT2D eigenvalue weighted by Gasteiger charge is 2.06. The van der Waals surface area contributed by atoms with E-state index in [1.54, 1.807) is 24.8 Å². The van der Waals surface area contributed by atoms with Gasteiger partial charge in [0.1, 0.15) is 11.5 Å². The predicted molar refractivity (Wildman–Crippen MR) is 120 cm³/mol. The first-order chi connectivity index (χ1) is 14.0. The number of nitrogens with zero attached hydrogens (tertiary/aromatic N) is 3. The molecule has 0 spiro atoms. The third-order valence-electron chi connectivity index (χ3n) is 4.44. The summed E-state index contributed by atoms with van der Waals surface area (Å²) < 4.78 is 0. The van der Waals surface area contributed by atoms with Gasteiger partial charge in [0.2, 0.25) is 0 Å². The molecule has 0 saturated heterocycles. The van der Waals surface area contributed by atoms with Crippen LogP contribution in [-0.4, -0.2) is 55.0 Å². The molecule has 3 rings (SSSR count). The minimum atomic E-state index is 0.175. The molecule has 29 heavy (non-hydrogen) atoms. The lowest BCUT2D eigenvalue weighted by molar-refractivity contribution is 0.472. The van der Waals surface area contributed by atoms with Crippen molar-refractivity contribution in [3.8, 4) is 11.5 Å². The highest BCUT2D eigenvalue weighted by molar-refractivity contribution is 5.92. The van der Waals surface area contributed by atoms with Gasteiger partial charge in [0, 0.05) is 47.4 Å². The van der Waals surface area contributed by atoms with Crippen molar-refractivity contribution in [3.63, 3.8) is 0 Å². The maximum atomic E-state index is 10.5. The Balaban J connectivity index is 1.88. The van der Waals surface area contributed by atoms with Crippen molar-refractivity contribution >= 4 is 24.7 Å². The van der Waals surface area contributed by atoms with Gasteiger partial charge in [-0.2, -0.15) is 0 Å². The second kappa shape index (κ2) is 9.68. The van der Waals surface area contributed by atoms with Crippen LogP contribution in [0.5, 0.6) is 11.5 Å². The van der Waals surface area contributed by atoms with Crippen LogP contribution in [0.15, 0.2) is 45.4 Å². The average molecular weight is 390 g/mol. The summed E-state index contributed by atoms with van der Waals surface area (Å²) in [7, 11) is 0. The van der Waals surface area contributed by atoms with Gasteiger partial charge in [0.25, 0.3) is 0 Å². The number of phenolic OH excluding ortho intramolecular Hbond substituents is 2. The van der Waals surface area contributed by atoms with Crippen LogP contribution < -0.4 is 5.32 Å². The number of aryl methyl sites for hydroxylation is 2. The molecular weight excluding hydrogens is 364 g/mol. The molecule has 1 aliphatic rings. The van der Waals surface area contributed by atoms with E-state index in [2.05, 4.69) is 20.3 Å². The Morgan fingerprint density at radius 3 is 1.69 bits per heavy atom. The van der Waals surface area contributed by atoms with Crippen molar-refractivity contribution in [2.75, 3.05) is 26.2 Å². The van der Waals surface area contributed by atoms with E-state index in [4.69, 9.17) is 0 Å². The highest BCUT2D eigenvalue weighted by atomic mass is 16.3. The minimum absolute atomic E-state index is 0.175. The highest BCUT2D eigenvalue weighted by Crippen LogP contribution is 2.24. The van der Waals surface area contributed by atoms with Gasteiger partial charge in [-0.15, -0.1) is 0 Å². The average Bonchev–Trinajstić information content (AvgIpc) is 2.68. The quantitative estimate of drug-likeness (QED) is 0.645. The van der Waals surface area contributed by atoms with Crippen LogP contribution in [0.25, 0.3) is 6.08 Å². The van der Waals surface area contributed by atoms with E-state index in [1.807, 2.05) is 44.2 Å². The zero-order chi connectivity index (χ0) is 20.6. The molecule has 0 fully saturated rings. The Hall–Kier alpha value is -3.41. The minimum Gasteiger partial charge on any atom is -0.507 e. The fourth-order valence-electron chi connectivity index (χ4n) is 3.06. The molecule has 0 saturated carbocycles. The Morgan fingerprint density at radius 2 is 1.14 bits per heavy atom. The third kappa shape index (κ3) is 5.54. The Labute approximate surface area is 171 Å². The number of benzene rings is 2. The fraction of sp³-hybridized carbons (Fsp3) is 0.261. The maximum absolute atomic E-state index is 10.5. The summed E-state index contributed by atoms with van der Waals surface area (Å²) in [5.74, 6) is 0.377. The van der Waals surface area contributed by atoms with E-state index in [0.717, 1.165) is 16.7 Å². The van der Waals surface area contributed by atoms with Crippen LogP contribution in [0, 0.1) is 13.8 Å². The lowest BCUT2D eigenvalue weighted by Crippen LogP contribution is -2.09. The number of rotatable bonds is 0. The molecule has 2 aromatic carbocycles. The fourth-order valence-corrected chi connectivity index (χ4v) is 3.06. The second-order valence-corrected chi connectivity index (χ2v) is 6.98. The topological polar surface area (TPSA) is 89.6 Å². The van der Waals surface area contributed by atoms with Gasteiger partial charge in [-0.05, 0) is 61.5 Å². The van der Waals surface area contributed by atoms with Crippen molar-refractivity contribution in [1.29, 1.82) is 0 Å². The first-order valence-electron chi connectivity index (χ1n) is 9.61. The first-order valence-corrected chi connectivity index (χ1v) is 9.61. The van der Waals surface area contributed by atoms with Crippen LogP contribution >= 0.6 is 0 Å². The molecule has 1 heterocycles. The van der Waals surface area contributed by atoms with Gasteiger partial charge in [-0.1, -0.05) is 0 Å². The largest absolute Gasteiger partial charge is 0.507 e. The zero-order valence-electron chi connectivity index (χ0n) is 16.8. The molecule has 2 aromatic rings. The van der Waals surface area contributed by atoms with Crippen LogP contribution in [0.4, 0.5) is 0 Å². The van der Waals surface area contributed by atoms with E-state index in [0.29, 0.717) is 42.9 Å². The molecule has 0 atom stereocenters. The normalized spacial score (nSPS) is 15.8. The van der Waals surface area contributed by atoms with Crippen molar-refractivity contribution in [3.05, 3.63) is 63.8 Å². The number of phenols is 2. The van der Waals surface area contributed by atoms with Gasteiger partial charge >= 0.3 is 0 Å². The van der Waals surface area contributed by atoms with E-state index in [1.165, 1.54) is 0 Å². The Bertz CT molecular complexity index is 911. The molecular formula is C23H26N4O2. The SMILES string of the molecule is Cc1cc2c(O)c(c1)C=NCCN/C=C/c1cc(C)cc(c1O)C=NCCN=C2. The summed E-state index contributed by atoms with van der Waals surface area (Å²) in [5, 5.41) is 24.1. The smallest absolute Gasteiger partial charge is 0.133 e. The Morgan fingerprint density at radius 1 is 0.690 bits per heavy atom. The van der Waals surface area contributed by atoms with E-state index < -0.39 is 0 Å². The number of aromatic hydroxyl groups is 2. The van der Waals surface area contributed by atoms with Gasteiger partial charge in [-0.25, -0.2) is 0 Å². The molecule has 0 aromatic heterocycles. The number of hydrogen-bond acceptors (Lipinski definition) is 6. The number of aliphatic imine (C=N–C) groups is 3. The van der Waals surface area contributed by atoms with E-state index in [-0.39, 0.29) is 11.5 Å². The molecule has 3 N–H and O–H groups in total. The number of hydrogen-bond donors (Lipinski definition) is 3. The van der Waals surface area contributed by atoms with Crippen molar-refractivity contribution in [1.82, 2.24) is 5.32 Å². The van der Waals surface area contributed by atoms with E-state index in [9.17, 15) is 10.2 Å². The summed E-state index contributed by atoms with van der Waals surface area (Å²) in [6.45, 7) is 6.11. The van der Waals surface area contributed by atoms with Gasteiger partial charge in [-0.3, -0.25) is 15.0 Å². The van der Waals surface area contributed by atoms with Crippen LogP contribution in [0.1, 0.15) is 33.4 Å². The van der Waals surface area contributed by atoms with Crippen LogP contribution in [0.3, 0.4) is 0 Å². The predicted octanol–water partition coefficient (Wildman–Crippen LogP) is 3.25. The Kier molecular flexibility index (Phi) is 6.79. The molecule has 6 heteroatoms. The molecule has 150 valence electrons. The first kappa shape index (κ1) is 20.3. The zero-order valence-corrected chi connectivity index (χ0v) is 16.8. The second-order valence-electron chi connectivity index (χ2n) is 6.98. The molecule has 0 radical (unpaired) electrons.